The van der Waals surface area contributed by atoms with Gasteiger partial charge in [0.1, 0.15) is 5.60 Å². The molecule has 2 rings (SSSR count). The molecular weight excluding hydrogens is 326 g/mol. The van der Waals surface area contributed by atoms with Gasteiger partial charge in [-0.05, 0) is 44.0 Å². The van der Waals surface area contributed by atoms with Crippen molar-refractivity contribution in [3.8, 4) is 0 Å². The molecule has 0 aliphatic carbocycles. The van der Waals surface area contributed by atoms with Crippen LogP contribution in [-0.2, 0) is 17.8 Å². The summed E-state index contributed by atoms with van der Waals surface area (Å²) in [5.74, 6) is -0.982. The normalized spacial score (nSPS) is 14.1. The van der Waals surface area contributed by atoms with Crippen LogP contribution in [0.2, 0.25) is 0 Å². The SMILES string of the molecule is CC(C)(C)OC(=O)N1Cc2cc(C(=O)O)cc(Br)c2C1. The standard InChI is InChI=1S/C14H16BrNO4/c1-14(2,3)20-13(19)16-6-9-4-8(12(17)18)5-11(15)10(9)7-16/h4-5H,6-7H2,1-3H3,(H,17,18). The molecule has 1 aliphatic rings. The molecule has 108 valence electrons. The number of carboxylic acid groups (broad SMARTS) is 1. The molecule has 1 aromatic rings. The number of ether oxygens (including phenoxy) is 1. The van der Waals surface area contributed by atoms with Gasteiger partial charge in [-0.25, -0.2) is 9.59 Å². The highest BCUT2D eigenvalue weighted by Gasteiger charge is 2.29. The maximum absolute atomic E-state index is 12.0. The Morgan fingerprint density at radius 1 is 1.30 bits per heavy atom. The van der Waals surface area contributed by atoms with Crippen LogP contribution in [-0.4, -0.2) is 27.7 Å². The summed E-state index contributed by atoms with van der Waals surface area (Å²) in [6, 6.07) is 3.16. The smallest absolute Gasteiger partial charge is 0.410 e. The second-order valence-electron chi connectivity index (χ2n) is 5.74. The first kappa shape index (κ1) is 14.8. The lowest BCUT2D eigenvalue weighted by molar-refractivity contribution is 0.0241. The second kappa shape index (κ2) is 5.09. The van der Waals surface area contributed by atoms with Crippen LogP contribution in [0.3, 0.4) is 0 Å². The van der Waals surface area contributed by atoms with E-state index in [2.05, 4.69) is 15.9 Å². The van der Waals surface area contributed by atoms with Gasteiger partial charge in [0.05, 0.1) is 12.1 Å². The van der Waals surface area contributed by atoms with E-state index in [0.717, 1.165) is 11.1 Å². The zero-order chi connectivity index (χ0) is 15.1. The fourth-order valence-electron chi connectivity index (χ4n) is 2.04. The zero-order valence-electron chi connectivity index (χ0n) is 11.6. The predicted molar refractivity (Wildman–Crippen MR) is 76.6 cm³/mol. The molecule has 20 heavy (non-hydrogen) atoms. The van der Waals surface area contributed by atoms with Crippen LogP contribution in [0.15, 0.2) is 16.6 Å². The molecule has 0 saturated heterocycles. The summed E-state index contributed by atoms with van der Waals surface area (Å²) in [5, 5.41) is 9.04. The first-order valence-electron chi connectivity index (χ1n) is 6.20. The van der Waals surface area contributed by atoms with E-state index in [1.165, 1.54) is 0 Å². The first-order valence-corrected chi connectivity index (χ1v) is 6.99. The average molecular weight is 342 g/mol. The molecule has 1 aromatic carbocycles. The summed E-state index contributed by atoms with van der Waals surface area (Å²) in [4.78, 5) is 24.6. The largest absolute Gasteiger partial charge is 0.478 e. The predicted octanol–water partition coefficient (Wildman–Crippen LogP) is 3.40. The number of hydrogen-bond donors (Lipinski definition) is 1. The van der Waals surface area contributed by atoms with E-state index in [-0.39, 0.29) is 5.56 Å². The minimum Gasteiger partial charge on any atom is -0.478 e. The van der Waals surface area contributed by atoms with Crippen molar-refractivity contribution < 1.29 is 19.4 Å². The van der Waals surface area contributed by atoms with Gasteiger partial charge in [0.15, 0.2) is 0 Å². The lowest BCUT2D eigenvalue weighted by Crippen LogP contribution is -2.33. The Labute approximate surface area is 125 Å². The van der Waals surface area contributed by atoms with Gasteiger partial charge in [0, 0.05) is 11.0 Å². The van der Waals surface area contributed by atoms with Crippen molar-refractivity contribution in [3.05, 3.63) is 33.3 Å². The topological polar surface area (TPSA) is 66.8 Å². The fraction of sp³-hybridized carbons (Fsp3) is 0.429. The number of carbonyl (C=O) groups is 2. The van der Waals surface area contributed by atoms with Crippen molar-refractivity contribution >= 4 is 28.0 Å². The Morgan fingerprint density at radius 2 is 1.95 bits per heavy atom. The van der Waals surface area contributed by atoms with E-state index in [0.29, 0.717) is 17.6 Å². The minimum atomic E-state index is -0.982. The zero-order valence-corrected chi connectivity index (χ0v) is 13.2. The van der Waals surface area contributed by atoms with E-state index in [9.17, 15) is 9.59 Å². The number of nitrogens with zero attached hydrogens (tertiary/aromatic N) is 1. The van der Waals surface area contributed by atoms with Crippen molar-refractivity contribution in [1.82, 2.24) is 4.90 Å². The van der Waals surface area contributed by atoms with Crippen molar-refractivity contribution in [2.45, 2.75) is 39.5 Å². The highest BCUT2D eigenvalue weighted by Crippen LogP contribution is 2.31. The summed E-state index contributed by atoms with van der Waals surface area (Å²) in [6.45, 7) is 6.22. The monoisotopic (exact) mass is 341 g/mol. The van der Waals surface area contributed by atoms with Crippen LogP contribution >= 0.6 is 15.9 Å². The molecular formula is C14H16BrNO4. The Balaban J connectivity index is 2.21. The number of fused-ring (bicyclic) bond motifs is 1. The van der Waals surface area contributed by atoms with Crippen molar-refractivity contribution in [2.75, 3.05) is 0 Å². The van der Waals surface area contributed by atoms with E-state index < -0.39 is 17.7 Å². The van der Waals surface area contributed by atoms with Gasteiger partial charge in [-0.1, -0.05) is 15.9 Å². The third-order valence-electron chi connectivity index (χ3n) is 2.90. The van der Waals surface area contributed by atoms with Crippen LogP contribution < -0.4 is 0 Å². The number of halogens is 1. The van der Waals surface area contributed by atoms with E-state index in [4.69, 9.17) is 9.84 Å². The Bertz CT molecular complexity index is 577. The average Bonchev–Trinajstić information content (AvgIpc) is 2.70. The summed E-state index contributed by atoms with van der Waals surface area (Å²) in [6.07, 6.45) is -0.391. The third kappa shape index (κ3) is 3.12. The van der Waals surface area contributed by atoms with Crippen LogP contribution in [0.4, 0.5) is 4.79 Å². The molecule has 6 heteroatoms. The van der Waals surface area contributed by atoms with Gasteiger partial charge in [0.2, 0.25) is 0 Å². The maximum atomic E-state index is 12.0. The van der Waals surface area contributed by atoms with Gasteiger partial charge in [-0.3, -0.25) is 4.90 Å². The Hall–Kier alpha value is -1.56. The minimum absolute atomic E-state index is 0.210. The van der Waals surface area contributed by atoms with Crippen LogP contribution in [0, 0.1) is 0 Å². The number of benzene rings is 1. The third-order valence-corrected chi connectivity index (χ3v) is 3.60. The van der Waals surface area contributed by atoms with Gasteiger partial charge >= 0.3 is 12.1 Å². The molecule has 0 atom stereocenters. The summed E-state index contributed by atoms with van der Waals surface area (Å²) < 4.78 is 6.03. The van der Waals surface area contributed by atoms with E-state index in [1.807, 2.05) is 20.8 Å². The number of rotatable bonds is 1. The van der Waals surface area contributed by atoms with Gasteiger partial charge < -0.3 is 9.84 Å². The van der Waals surface area contributed by atoms with Gasteiger partial charge in [-0.2, -0.15) is 0 Å². The summed E-state index contributed by atoms with van der Waals surface area (Å²) in [5.41, 5.74) is 1.43. The highest BCUT2D eigenvalue weighted by molar-refractivity contribution is 9.10. The van der Waals surface area contributed by atoms with Crippen molar-refractivity contribution in [3.63, 3.8) is 0 Å². The van der Waals surface area contributed by atoms with Gasteiger partial charge in [-0.15, -0.1) is 0 Å². The molecule has 0 fully saturated rings. The first-order chi connectivity index (χ1) is 9.17. The molecule has 1 amide bonds. The van der Waals surface area contributed by atoms with Crippen LogP contribution in [0.1, 0.15) is 42.3 Å². The lowest BCUT2D eigenvalue weighted by atomic mass is 10.1. The fourth-order valence-corrected chi connectivity index (χ4v) is 2.67. The maximum Gasteiger partial charge on any atom is 0.410 e. The molecule has 0 bridgehead atoms. The Morgan fingerprint density at radius 3 is 2.50 bits per heavy atom. The molecule has 0 aromatic heterocycles. The number of aromatic carboxylic acids is 1. The lowest BCUT2D eigenvalue weighted by Gasteiger charge is -2.24. The van der Waals surface area contributed by atoms with E-state index in [1.54, 1.807) is 17.0 Å². The van der Waals surface area contributed by atoms with Crippen LogP contribution in [0.25, 0.3) is 0 Å². The molecule has 0 radical (unpaired) electrons. The van der Waals surface area contributed by atoms with Gasteiger partial charge in [0.25, 0.3) is 0 Å². The van der Waals surface area contributed by atoms with Crippen molar-refractivity contribution in [1.29, 1.82) is 0 Å². The number of carbonyl (C=O) groups excluding carboxylic acids is 1. The summed E-state index contributed by atoms with van der Waals surface area (Å²) in [7, 11) is 0. The number of amides is 1. The van der Waals surface area contributed by atoms with Crippen LogP contribution in [0.5, 0.6) is 0 Å². The number of carboxylic acids is 1. The number of hydrogen-bond acceptors (Lipinski definition) is 3. The summed E-state index contributed by atoms with van der Waals surface area (Å²) >= 11 is 3.36. The molecule has 1 heterocycles. The molecule has 1 aliphatic heterocycles. The molecule has 1 N–H and O–H groups in total. The molecule has 5 nitrogen and oxygen atoms in total. The Kier molecular flexibility index (Phi) is 3.77. The molecule has 0 saturated carbocycles. The molecule has 0 spiro atoms. The molecule has 0 unspecified atom stereocenters. The second-order valence-corrected chi connectivity index (χ2v) is 6.59. The van der Waals surface area contributed by atoms with E-state index >= 15 is 0 Å². The quantitative estimate of drug-likeness (QED) is 0.849. The highest BCUT2D eigenvalue weighted by atomic mass is 79.9. The van der Waals surface area contributed by atoms with Crippen molar-refractivity contribution in [2.24, 2.45) is 0 Å².